The van der Waals surface area contributed by atoms with Gasteiger partial charge in [0.2, 0.25) is 10.0 Å². The van der Waals surface area contributed by atoms with Gasteiger partial charge in [-0.1, -0.05) is 6.92 Å². The van der Waals surface area contributed by atoms with Crippen molar-refractivity contribution in [1.82, 2.24) is 4.72 Å². The van der Waals surface area contributed by atoms with Crippen molar-refractivity contribution in [2.45, 2.75) is 23.1 Å². The predicted molar refractivity (Wildman–Crippen MR) is 89.1 cm³/mol. The van der Waals surface area contributed by atoms with Gasteiger partial charge in [0.05, 0.1) is 4.90 Å². The van der Waals surface area contributed by atoms with E-state index in [0.717, 1.165) is 6.07 Å². The van der Waals surface area contributed by atoms with E-state index < -0.39 is 36.6 Å². The Bertz CT molecular complexity index is 960. The minimum Gasteiger partial charge on any atom is -0.280 e. The summed E-state index contributed by atoms with van der Waals surface area (Å²) < 4.78 is 79.5. The van der Waals surface area contributed by atoms with E-state index in [2.05, 4.69) is 9.44 Å². The topological polar surface area (TPSA) is 92.3 Å². The summed E-state index contributed by atoms with van der Waals surface area (Å²) in [6.07, 6.45) is 0.621. The molecule has 2 rings (SSSR count). The van der Waals surface area contributed by atoms with Crippen molar-refractivity contribution in [1.29, 1.82) is 0 Å². The van der Waals surface area contributed by atoms with Gasteiger partial charge in [0.25, 0.3) is 10.0 Å². The predicted octanol–water partition coefficient (Wildman–Crippen LogP) is 2.45. The van der Waals surface area contributed by atoms with Gasteiger partial charge in [0.15, 0.2) is 0 Å². The highest BCUT2D eigenvalue weighted by Gasteiger charge is 2.20. The van der Waals surface area contributed by atoms with Gasteiger partial charge in [0.1, 0.15) is 16.5 Å². The summed E-state index contributed by atoms with van der Waals surface area (Å²) in [7, 11) is -8.04. The first-order valence-corrected chi connectivity index (χ1v) is 10.2. The highest BCUT2D eigenvalue weighted by molar-refractivity contribution is 7.92. The molecule has 0 bridgehead atoms. The second-order valence-corrected chi connectivity index (χ2v) is 8.52. The zero-order chi connectivity index (χ0) is 18.7. The van der Waals surface area contributed by atoms with Crippen LogP contribution in [0.2, 0.25) is 0 Å². The third-order valence-corrected chi connectivity index (χ3v) is 6.01. The fourth-order valence-corrected chi connectivity index (χ4v) is 4.20. The lowest BCUT2D eigenvalue weighted by Gasteiger charge is -2.10. The average molecular weight is 390 g/mol. The molecule has 0 saturated heterocycles. The van der Waals surface area contributed by atoms with Crippen LogP contribution in [0.15, 0.2) is 52.3 Å². The largest absolute Gasteiger partial charge is 0.280 e. The van der Waals surface area contributed by atoms with Gasteiger partial charge in [-0.05, 0) is 48.9 Å². The summed E-state index contributed by atoms with van der Waals surface area (Å²) >= 11 is 0. The molecule has 10 heteroatoms. The summed E-state index contributed by atoms with van der Waals surface area (Å²) in [4.78, 5) is -0.880. The fourth-order valence-electron chi connectivity index (χ4n) is 1.92. The van der Waals surface area contributed by atoms with Crippen LogP contribution in [0.25, 0.3) is 0 Å². The van der Waals surface area contributed by atoms with E-state index in [0.29, 0.717) is 18.6 Å². The van der Waals surface area contributed by atoms with Gasteiger partial charge in [-0.15, -0.1) is 0 Å². The lowest BCUT2D eigenvalue weighted by molar-refractivity contribution is 0.555. The standard InChI is InChI=1S/C15H16F2N2O4S2/c1-2-9-18-24(20,21)13-6-4-12(5-7-13)19-25(22,23)15-10-11(16)3-8-14(15)17/h3-8,10,18-19H,2,9H2,1H3. The molecule has 0 fully saturated rings. The van der Waals surface area contributed by atoms with Crippen LogP contribution in [-0.2, 0) is 20.0 Å². The average Bonchev–Trinajstić information content (AvgIpc) is 2.55. The van der Waals surface area contributed by atoms with E-state index in [1.807, 2.05) is 6.92 Å². The molecule has 0 unspecified atom stereocenters. The normalized spacial score (nSPS) is 12.1. The Labute approximate surface area is 145 Å². The fraction of sp³-hybridized carbons (Fsp3) is 0.200. The van der Waals surface area contributed by atoms with Crippen LogP contribution in [0, 0.1) is 11.6 Å². The van der Waals surface area contributed by atoms with Gasteiger partial charge >= 0.3 is 0 Å². The second-order valence-electron chi connectivity index (χ2n) is 5.10. The van der Waals surface area contributed by atoms with E-state index in [-0.39, 0.29) is 17.1 Å². The SMILES string of the molecule is CCCNS(=O)(=O)c1ccc(NS(=O)(=O)c2cc(F)ccc2F)cc1. The molecule has 25 heavy (non-hydrogen) atoms. The molecule has 0 aliphatic heterocycles. The molecule has 0 heterocycles. The lowest BCUT2D eigenvalue weighted by atomic mass is 10.3. The number of hydrogen-bond donors (Lipinski definition) is 2. The van der Waals surface area contributed by atoms with Crippen molar-refractivity contribution in [2.24, 2.45) is 0 Å². The number of hydrogen-bond acceptors (Lipinski definition) is 4. The van der Waals surface area contributed by atoms with Crippen molar-refractivity contribution in [3.8, 4) is 0 Å². The summed E-state index contributed by atoms with van der Waals surface area (Å²) in [6.45, 7) is 2.08. The highest BCUT2D eigenvalue weighted by atomic mass is 32.2. The highest BCUT2D eigenvalue weighted by Crippen LogP contribution is 2.21. The van der Waals surface area contributed by atoms with Gasteiger partial charge in [-0.25, -0.2) is 30.3 Å². The zero-order valence-corrected chi connectivity index (χ0v) is 14.8. The van der Waals surface area contributed by atoms with Gasteiger partial charge in [-0.2, -0.15) is 0 Å². The zero-order valence-electron chi connectivity index (χ0n) is 13.2. The molecule has 136 valence electrons. The van der Waals surface area contributed by atoms with Crippen LogP contribution in [0.3, 0.4) is 0 Å². The molecule has 2 aromatic rings. The monoisotopic (exact) mass is 390 g/mol. The second kappa shape index (κ2) is 7.46. The molecule has 0 radical (unpaired) electrons. The van der Waals surface area contributed by atoms with Crippen molar-refractivity contribution < 1.29 is 25.6 Å². The van der Waals surface area contributed by atoms with E-state index in [1.54, 1.807) is 0 Å². The van der Waals surface area contributed by atoms with E-state index in [4.69, 9.17) is 0 Å². The summed E-state index contributed by atoms with van der Waals surface area (Å²) in [6, 6.07) is 6.92. The molecule has 0 aliphatic carbocycles. The van der Waals surface area contributed by atoms with Crippen molar-refractivity contribution in [3.05, 3.63) is 54.1 Å². The number of halogens is 2. The number of nitrogens with one attached hydrogen (secondary N) is 2. The van der Waals surface area contributed by atoms with Crippen molar-refractivity contribution >= 4 is 25.7 Å². The Morgan fingerprint density at radius 1 is 0.920 bits per heavy atom. The van der Waals surface area contributed by atoms with E-state index in [1.165, 1.54) is 24.3 Å². The van der Waals surface area contributed by atoms with Crippen LogP contribution in [0.4, 0.5) is 14.5 Å². The number of sulfonamides is 2. The Hall–Kier alpha value is -2.04. The van der Waals surface area contributed by atoms with Crippen molar-refractivity contribution in [2.75, 3.05) is 11.3 Å². The maximum Gasteiger partial charge on any atom is 0.264 e. The van der Waals surface area contributed by atoms with Gasteiger partial charge < -0.3 is 0 Å². The molecular weight excluding hydrogens is 374 g/mol. The molecule has 0 aliphatic rings. The number of benzene rings is 2. The first kappa shape index (κ1) is 19.3. The Morgan fingerprint density at radius 2 is 1.56 bits per heavy atom. The smallest absolute Gasteiger partial charge is 0.264 e. The molecule has 0 aromatic heterocycles. The molecule has 2 aromatic carbocycles. The molecule has 0 atom stereocenters. The quantitative estimate of drug-likeness (QED) is 0.760. The maximum absolute atomic E-state index is 13.6. The summed E-state index contributed by atoms with van der Waals surface area (Å²) in [5.41, 5.74) is 0.0121. The summed E-state index contributed by atoms with van der Waals surface area (Å²) in [5, 5.41) is 0. The Morgan fingerprint density at radius 3 is 2.16 bits per heavy atom. The van der Waals surface area contributed by atoms with Crippen LogP contribution in [-0.4, -0.2) is 23.4 Å². The van der Waals surface area contributed by atoms with Crippen LogP contribution >= 0.6 is 0 Å². The first-order valence-electron chi connectivity index (χ1n) is 7.23. The molecule has 0 amide bonds. The Kier molecular flexibility index (Phi) is 5.76. The van der Waals surface area contributed by atoms with Crippen LogP contribution < -0.4 is 9.44 Å². The number of rotatable bonds is 7. The van der Waals surface area contributed by atoms with Crippen LogP contribution in [0.5, 0.6) is 0 Å². The number of anilines is 1. The van der Waals surface area contributed by atoms with Crippen LogP contribution in [0.1, 0.15) is 13.3 Å². The minimum atomic E-state index is -4.36. The van der Waals surface area contributed by atoms with E-state index in [9.17, 15) is 25.6 Å². The first-order chi connectivity index (χ1) is 11.7. The van der Waals surface area contributed by atoms with E-state index >= 15 is 0 Å². The molecule has 6 nitrogen and oxygen atoms in total. The molecular formula is C15H16F2N2O4S2. The van der Waals surface area contributed by atoms with Gasteiger partial charge in [0, 0.05) is 12.2 Å². The van der Waals surface area contributed by atoms with Gasteiger partial charge in [-0.3, -0.25) is 4.72 Å². The third-order valence-electron chi connectivity index (χ3n) is 3.14. The van der Waals surface area contributed by atoms with Crippen molar-refractivity contribution in [3.63, 3.8) is 0 Å². The Balaban J connectivity index is 2.25. The molecule has 0 saturated carbocycles. The molecule has 2 N–H and O–H groups in total. The molecule has 0 spiro atoms. The summed E-state index contributed by atoms with van der Waals surface area (Å²) in [5.74, 6) is -2.00. The minimum absolute atomic E-state index is 0.0121. The lowest BCUT2D eigenvalue weighted by Crippen LogP contribution is -2.24. The third kappa shape index (κ3) is 4.74. The maximum atomic E-state index is 13.6.